The Morgan fingerprint density at radius 3 is 3.05 bits per heavy atom. The molecule has 1 aromatic heterocycles. The molecule has 3 N–H and O–H groups in total. The quantitative estimate of drug-likeness (QED) is 0.852. The minimum Gasteiger partial charge on any atom is -0.419 e. The van der Waals surface area contributed by atoms with Crippen LogP contribution in [0.25, 0.3) is 0 Å². The Morgan fingerprint density at radius 1 is 1.43 bits per heavy atom. The van der Waals surface area contributed by atoms with E-state index in [2.05, 4.69) is 20.4 Å². The molecule has 0 aromatic carbocycles. The van der Waals surface area contributed by atoms with Crippen molar-refractivity contribution in [1.29, 1.82) is 0 Å². The molecular formula is C13H13ClN6O. The summed E-state index contributed by atoms with van der Waals surface area (Å²) in [6, 6.07) is 3.74. The Labute approximate surface area is 126 Å². The van der Waals surface area contributed by atoms with Crippen molar-refractivity contribution in [2.75, 3.05) is 0 Å². The smallest absolute Gasteiger partial charge is 0.249 e. The minimum atomic E-state index is -0.121. The Morgan fingerprint density at radius 2 is 2.29 bits per heavy atom. The molecule has 7 nitrogen and oxygen atoms in total. The summed E-state index contributed by atoms with van der Waals surface area (Å²) in [7, 11) is 0. The molecule has 1 saturated carbocycles. The molecule has 3 heterocycles. The maximum Gasteiger partial charge on any atom is 0.249 e. The van der Waals surface area contributed by atoms with Gasteiger partial charge in [0.1, 0.15) is 11.4 Å². The molecule has 0 spiro atoms. The van der Waals surface area contributed by atoms with E-state index in [0.29, 0.717) is 28.7 Å². The van der Waals surface area contributed by atoms with Crippen LogP contribution in [0.1, 0.15) is 12.8 Å². The van der Waals surface area contributed by atoms with Gasteiger partial charge >= 0.3 is 0 Å². The van der Waals surface area contributed by atoms with E-state index in [0.717, 1.165) is 18.4 Å². The van der Waals surface area contributed by atoms with Crippen molar-refractivity contribution in [2.45, 2.75) is 25.0 Å². The molecule has 0 bridgehead atoms. The topological polar surface area (TPSA) is 88.1 Å². The van der Waals surface area contributed by atoms with Crippen molar-refractivity contribution in [3.63, 3.8) is 0 Å². The number of hydrogen-bond donors (Lipinski definition) is 2. The molecule has 1 unspecified atom stereocenters. The standard InChI is InChI=1S/C13H13ClN6O/c14-7-3-4-16-9(5-7)21-13-10-11(15)17-6-18-12(10)20(19-13)8-1-2-8/h3-6,8,12H,1-2,15H2,(H,17,18). The predicted molar refractivity (Wildman–Crippen MR) is 78.8 cm³/mol. The molecule has 1 aromatic rings. The number of ether oxygens (including phenoxy) is 1. The van der Waals surface area contributed by atoms with Crippen LogP contribution in [0.4, 0.5) is 0 Å². The molecule has 8 heteroatoms. The average molecular weight is 305 g/mol. The number of nitrogens with one attached hydrogen (secondary N) is 1. The third-order valence-electron chi connectivity index (χ3n) is 3.51. The Bertz CT molecular complexity index is 681. The number of fused-ring (bicyclic) bond motifs is 1. The molecule has 0 radical (unpaired) electrons. The molecule has 0 saturated heterocycles. The van der Waals surface area contributed by atoms with Crippen molar-refractivity contribution in [2.24, 2.45) is 15.8 Å². The highest BCUT2D eigenvalue weighted by molar-refractivity contribution is 6.30. The van der Waals surface area contributed by atoms with Gasteiger partial charge in [-0.2, -0.15) is 0 Å². The molecule has 1 aliphatic carbocycles. The van der Waals surface area contributed by atoms with Crippen LogP contribution >= 0.6 is 11.6 Å². The number of aliphatic imine (C=N–C) groups is 1. The number of nitrogens with two attached hydrogens (primary N) is 1. The maximum absolute atomic E-state index is 5.98. The number of rotatable bonds is 2. The van der Waals surface area contributed by atoms with Gasteiger partial charge in [-0.3, -0.25) is 5.01 Å². The summed E-state index contributed by atoms with van der Waals surface area (Å²) < 4.78 is 5.77. The van der Waals surface area contributed by atoms with Gasteiger partial charge in [0.2, 0.25) is 11.8 Å². The van der Waals surface area contributed by atoms with Gasteiger partial charge in [-0.1, -0.05) is 11.6 Å². The predicted octanol–water partition coefficient (Wildman–Crippen LogP) is 1.03. The average Bonchev–Trinajstić information content (AvgIpc) is 3.23. The van der Waals surface area contributed by atoms with E-state index in [-0.39, 0.29) is 6.17 Å². The highest BCUT2D eigenvalue weighted by Crippen LogP contribution is 2.35. The monoisotopic (exact) mass is 304 g/mol. The third-order valence-corrected chi connectivity index (χ3v) is 3.74. The fraction of sp³-hybridized carbons (Fsp3) is 0.308. The van der Waals surface area contributed by atoms with Crippen LogP contribution in [0.5, 0.6) is 5.88 Å². The molecule has 0 amide bonds. The first-order valence-corrected chi connectivity index (χ1v) is 7.05. The van der Waals surface area contributed by atoms with Crippen molar-refractivity contribution in [1.82, 2.24) is 15.3 Å². The van der Waals surface area contributed by atoms with Crippen LogP contribution in [0.15, 0.2) is 39.8 Å². The second-order valence-corrected chi connectivity index (χ2v) is 5.49. The first-order valence-electron chi connectivity index (χ1n) is 6.67. The Hall–Kier alpha value is -2.28. The van der Waals surface area contributed by atoms with Crippen molar-refractivity contribution in [3.05, 3.63) is 34.7 Å². The van der Waals surface area contributed by atoms with E-state index in [4.69, 9.17) is 22.1 Å². The molecule has 1 atom stereocenters. The third kappa shape index (κ3) is 2.19. The second-order valence-electron chi connectivity index (χ2n) is 5.06. The fourth-order valence-electron chi connectivity index (χ4n) is 2.37. The second kappa shape index (κ2) is 4.63. The lowest BCUT2D eigenvalue weighted by Crippen LogP contribution is -2.45. The number of nitrogens with zero attached hydrogens (tertiary/aromatic N) is 4. The normalized spacial score (nSPS) is 23.8. The molecule has 108 valence electrons. The zero-order chi connectivity index (χ0) is 14.4. The minimum absolute atomic E-state index is 0.121. The summed E-state index contributed by atoms with van der Waals surface area (Å²) >= 11 is 5.94. The van der Waals surface area contributed by atoms with E-state index in [1.807, 2.05) is 5.01 Å². The lowest BCUT2D eigenvalue weighted by molar-refractivity contribution is 0.226. The van der Waals surface area contributed by atoms with Gasteiger partial charge in [0.05, 0.1) is 12.4 Å². The Kier molecular flexibility index (Phi) is 2.75. The van der Waals surface area contributed by atoms with Gasteiger partial charge in [0.15, 0.2) is 6.17 Å². The van der Waals surface area contributed by atoms with Crippen LogP contribution in [0.2, 0.25) is 5.02 Å². The maximum atomic E-state index is 5.98. The van der Waals surface area contributed by atoms with Crippen molar-refractivity contribution >= 4 is 23.8 Å². The van der Waals surface area contributed by atoms with Crippen LogP contribution in [0.3, 0.4) is 0 Å². The van der Waals surface area contributed by atoms with E-state index in [1.54, 1.807) is 24.7 Å². The van der Waals surface area contributed by atoms with E-state index < -0.39 is 0 Å². The van der Waals surface area contributed by atoms with Gasteiger partial charge in [-0.25, -0.2) is 9.98 Å². The molecule has 21 heavy (non-hydrogen) atoms. The highest BCUT2D eigenvalue weighted by Gasteiger charge is 2.44. The van der Waals surface area contributed by atoms with Gasteiger partial charge in [-0.05, 0) is 18.9 Å². The first kappa shape index (κ1) is 12.5. The van der Waals surface area contributed by atoms with E-state index >= 15 is 0 Å². The fourth-order valence-corrected chi connectivity index (χ4v) is 2.52. The van der Waals surface area contributed by atoms with Crippen LogP contribution in [-0.2, 0) is 0 Å². The largest absolute Gasteiger partial charge is 0.419 e. The summed E-state index contributed by atoms with van der Waals surface area (Å²) in [6.45, 7) is 0. The highest BCUT2D eigenvalue weighted by atomic mass is 35.5. The van der Waals surface area contributed by atoms with E-state index in [1.165, 1.54) is 0 Å². The van der Waals surface area contributed by atoms with Crippen LogP contribution < -0.4 is 15.8 Å². The number of hydrogen-bond acceptors (Lipinski definition) is 7. The summed E-state index contributed by atoms with van der Waals surface area (Å²) in [5, 5.41) is 10.2. The molecule has 1 fully saturated rings. The SMILES string of the molecule is NC1=C2C(Oc3cc(Cl)ccn3)=NN(C3CC3)C2NC=N1. The Balaban J connectivity index is 1.68. The molecule has 4 rings (SSSR count). The zero-order valence-corrected chi connectivity index (χ0v) is 11.8. The number of aromatic nitrogens is 1. The summed E-state index contributed by atoms with van der Waals surface area (Å²) in [6.07, 6.45) is 5.29. The van der Waals surface area contributed by atoms with Gasteiger partial charge in [0.25, 0.3) is 0 Å². The number of pyridine rings is 1. The molecule has 2 aliphatic heterocycles. The first-order chi connectivity index (χ1) is 10.2. The van der Waals surface area contributed by atoms with Crippen LogP contribution in [0, 0.1) is 0 Å². The number of hydrazone groups is 1. The summed E-state index contributed by atoms with van der Waals surface area (Å²) in [4.78, 5) is 8.21. The number of halogens is 1. The van der Waals surface area contributed by atoms with Gasteiger partial charge in [0, 0.05) is 17.3 Å². The molecular weight excluding hydrogens is 292 g/mol. The van der Waals surface area contributed by atoms with Crippen LogP contribution in [-0.4, -0.2) is 34.4 Å². The molecule has 3 aliphatic rings. The van der Waals surface area contributed by atoms with Crippen molar-refractivity contribution < 1.29 is 4.74 Å². The van der Waals surface area contributed by atoms with Gasteiger partial charge < -0.3 is 15.8 Å². The summed E-state index contributed by atoms with van der Waals surface area (Å²) in [5.41, 5.74) is 6.73. The lowest BCUT2D eigenvalue weighted by atomic mass is 10.2. The van der Waals surface area contributed by atoms with Crippen molar-refractivity contribution in [3.8, 4) is 5.88 Å². The zero-order valence-electron chi connectivity index (χ0n) is 11.0. The summed E-state index contributed by atoms with van der Waals surface area (Å²) in [5.74, 6) is 1.21. The lowest BCUT2D eigenvalue weighted by Gasteiger charge is -2.25. The van der Waals surface area contributed by atoms with E-state index in [9.17, 15) is 0 Å². The van der Waals surface area contributed by atoms with Gasteiger partial charge in [-0.15, -0.1) is 5.10 Å².